The number of amides is 1. The summed E-state index contributed by atoms with van der Waals surface area (Å²) < 4.78 is 4.62. The van der Waals surface area contributed by atoms with E-state index in [4.69, 9.17) is 5.73 Å². The SMILES string of the molecule is C=CCC(C)NC(=O)C(N)C(=O)OCC. The minimum atomic E-state index is -1.25. The van der Waals surface area contributed by atoms with E-state index < -0.39 is 17.9 Å². The number of rotatable bonds is 6. The van der Waals surface area contributed by atoms with Gasteiger partial charge in [-0.1, -0.05) is 6.08 Å². The molecule has 0 aromatic carbocycles. The summed E-state index contributed by atoms with van der Waals surface area (Å²) in [6, 6.07) is -1.34. The van der Waals surface area contributed by atoms with Gasteiger partial charge in [0.25, 0.3) is 0 Å². The summed E-state index contributed by atoms with van der Waals surface area (Å²) in [5.74, 6) is -1.23. The third-order valence-corrected chi connectivity index (χ3v) is 1.73. The lowest BCUT2D eigenvalue weighted by Gasteiger charge is -2.15. The Morgan fingerprint density at radius 3 is 2.67 bits per heavy atom. The van der Waals surface area contributed by atoms with Crippen LogP contribution < -0.4 is 11.1 Å². The molecule has 86 valence electrons. The van der Waals surface area contributed by atoms with Crippen LogP contribution in [0.2, 0.25) is 0 Å². The van der Waals surface area contributed by atoms with Gasteiger partial charge in [0.2, 0.25) is 5.91 Å². The van der Waals surface area contributed by atoms with Crippen molar-refractivity contribution in [3.8, 4) is 0 Å². The first-order chi connectivity index (χ1) is 7.02. The highest BCUT2D eigenvalue weighted by atomic mass is 16.5. The van der Waals surface area contributed by atoms with E-state index in [9.17, 15) is 9.59 Å². The quantitative estimate of drug-likeness (QED) is 0.369. The van der Waals surface area contributed by atoms with Crippen LogP contribution in [0.4, 0.5) is 0 Å². The van der Waals surface area contributed by atoms with Crippen LogP contribution in [0.15, 0.2) is 12.7 Å². The molecule has 0 saturated carbocycles. The fraction of sp³-hybridized carbons (Fsp3) is 0.600. The first-order valence-electron chi connectivity index (χ1n) is 4.86. The van der Waals surface area contributed by atoms with Crippen molar-refractivity contribution in [2.45, 2.75) is 32.4 Å². The molecule has 2 atom stereocenters. The number of nitrogens with one attached hydrogen (secondary N) is 1. The molecule has 2 unspecified atom stereocenters. The van der Waals surface area contributed by atoms with Crippen molar-refractivity contribution in [1.29, 1.82) is 0 Å². The van der Waals surface area contributed by atoms with E-state index in [0.29, 0.717) is 6.42 Å². The van der Waals surface area contributed by atoms with Crippen LogP contribution in [0.1, 0.15) is 20.3 Å². The van der Waals surface area contributed by atoms with Crippen LogP contribution in [-0.4, -0.2) is 30.6 Å². The summed E-state index contributed by atoms with van der Waals surface area (Å²) >= 11 is 0. The first-order valence-corrected chi connectivity index (χ1v) is 4.86. The molecule has 0 saturated heterocycles. The van der Waals surface area contributed by atoms with Gasteiger partial charge in [0.15, 0.2) is 6.04 Å². The zero-order valence-corrected chi connectivity index (χ0v) is 9.16. The van der Waals surface area contributed by atoms with Gasteiger partial charge in [0, 0.05) is 6.04 Å². The topological polar surface area (TPSA) is 81.4 Å². The van der Waals surface area contributed by atoms with Gasteiger partial charge in [-0.05, 0) is 20.3 Å². The summed E-state index contributed by atoms with van der Waals surface area (Å²) in [4.78, 5) is 22.5. The Morgan fingerprint density at radius 1 is 1.60 bits per heavy atom. The standard InChI is InChI=1S/C10H18N2O3/c1-4-6-7(3)12-9(13)8(11)10(14)15-5-2/h4,7-8H,1,5-6,11H2,2-3H3,(H,12,13). The van der Waals surface area contributed by atoms with Crippen LogP contribution in [-0.2, 0) is 14.3 Å². The van der Waals surface area contributed by atoms with Crippen molar-refractivity contribution in [2.24, 2.45) is 5.73 Å². The van der Waals surface area contributed by atoms with Gasteiger partial charge in [0.1, 0.15) is 0 Å². The number of ether oxygens (including phenoxy) is 1. The van der Waals surface area contributed by atoms with E-state index in [1.54, 1.807) is 19.9 Å². The van der Waals surface area contributed by atoms with Crippen molar-refractivity contribution < 1.29 is 14.3 Å². The third-order valence-electron chi connectivity index (χ3n) is 1.73. The largest absolute Gasteiger partial charge is 0.464 e. The first kappa shape index (κ1) is 13.6. The molecule has 0 spiro atoms. The van der Waals surface area contributed by atoms with Gasteiger partial charge >= 0.3 is 5.97 Å². The normalized spacial score (nSPS) is 13.8. The fourth-order valence-corrected chi connectivity index (χ4v) is 0.981. The number of hydrogen-bond acceptors (Lipinski definition) is 4. The second kappa shape index (κ2) is 7.00. The second-order valence-electron chi connectivity index (χ2n) is 3.16. The maximum Gasteiger partial charge on any atom is 0.332 e. The third kappa shape index (κ3) is 5.17. The number of hydrogen-bond donors (Lipinski definition) is 2. The molecule has 0 aliphatic carbocycles. The van der Waals surface area contributed by atoms with Crippen molar-refractivity contribution in [3.63, 3.8) is 0 Å². The predicted octanol–water partition coefficient (Wildman–Crippen LogP) is -0.0424. The maximum absolute atomic E-state index is 11.4. The van der Waals surface area contributed by atoms with Crippen molar-refractivity contribution in [3.05, 3.63) is 12.7 Å². The van der Waals surface area contributed by atoms with E-state index in [-0.39, 0.29) is 12.6 Å². The average molecular weight is 214 g/mol. The van der Waals surface area contributed by atoms with Crippen molar-refractivity contribution in [1.82, 2.24) is 5.32 Å². The molecule has 0 aromatic rings. The number of carbonyl (C=O) groups is 2. The second-order valence-corrected chi connectivity index (χ2v) is 3.16. The summed E-state index contributed by atoms with van der Waals surface area (Å²) in [7, 11) is 0. The summed E-state index contributed by atoms with van der Waals surface area (Å²) in [5.41, 5.74) is 5.38. The van der Waals surface area contributed by atoms with E-state index >= 15 is 0 Å². The minimum Gasteiger partial charge on any atom is -0.464 e. The molecule has 0 aliphatic rings. The summed E-state index contributed by atoms with van der Waals surface area (Å²) in [6.07, 6.45) is 2.31. The monoisotopic (exact) mass is 214 g/mol. The molecule has 0 heterocycles. The van der Waals surface area contributed by atoms with Crippen LogP contribution in [0.25, 0.3) is 0 Å². The molecule has 5 heteroatoms. The Balaban J connectivity index is 4.08. The molecular weight excluding hydrogens is 196 g/mol. The van der Waals surface area contributed by atoms with Gasteiger partial charge in [-0.15, -0.1) is 6.58 Å². The molecule has 15 heavy (non-hydrogen) atoms. The molecule has 5 nitrogen and oxygen atoms in total. The van der Waals surface area contributed by atoms with Gasteiger partial charge in [-0.2, -0.15) is 0 Å². The van der Waals surface area contributed by atoms with E-state index in [1.807, 2.05) is 0 Å². The lowest BCUT2D eigenvalue weighted by Crippen LogP contribution is -2.49. The Labute approximate surface area is 89.7 Å². The number of nitrogens with two attached hydrogens (primary N) is 1. The highest BCUT2D eigenvalue weighted by Crippen LogP contribution is 1.93. The molecule has 1 amide bonds. The van der Waals surface area contributed by atoms with Gasteiger partial charge < -0.3 is 15.8 Å². The Bertz CT molecular complexity index is 241. The Hall–Kier alpha value is -1.36. The molecule has 0 radical (unpaired) electrons. The van der Waals surface area contributed by atoms with Crippen LogP contribution in [0, 0.1) is 0 Å². The van der Waals surface area contributed by atoms with E-state index in [1.165, 1.54) is 0 Å². The minimum absolute atomic E-state index is 0.0875. The Morgan fingerprint density at radius 2 is 2.20 bits per heavy atom. The highest BCUT2D eigenvalue weighted by Gasteiger charge is 2.23. The zero-order chi connectivity index (χ0) is 11.8. The summed E-state index contributed by atoms with van der Waals surface area (Å²) in [5, 5.41) is 2.58. The number of carbonyl (C=O) groups excluding carboxylic acids is 2. The maximum atomic E-state index is 11.4. The smallest absolute Gasteiger partial charge is 0.332 e. The van der Waals surface area contributed by atoms with Gasteiger partial charge in [0.05, 0.1) is 6.61 Å². The number of esters is 1. The van der Waals surface area contributed by atoms with E-state index in [0.717, 1.165) is 0 Å². The Kier molecular flexibility index (Phi) is 6.37. The van der Waals surface area contributed by atoms with E-state index in [2.05, 4.69) is 16.6 Å². The molecule has 0 bridgehead atoms. The molecular formula is C10H18N2O3. The zero-order valence-electron chi connectivity index (χ0n) is 9.16. The predicted molar refractivity (Wildman–Crippen MR) is 57.0 cm³/mol. The molecule has 0 fully saturated rings. The lowest BCUT2D eigenvalue weighted by atomic mass is 10.2. The van der Waals surface area contributed by atoms with Crippen molar-refractivity contribution in [2.75, 3.05) is 6.61 Å². The molecule has 0 aromatic heterocycles. The molecule has 0 aliphatic heterocycles. The average Bonchev–Trinajstić information content (AvgIpc) is 2.17. The van der Waals surface area contributed by atoms with Crippen LogP contribution >= 0.6 is 0 Å². The van der Waals surface area contributed by atoms with Gasteiger partial charge in [-0.3, -0.25) is 4.79 Å². The molecule has 0 rings (SSSR count). The van der Waals surface area contributed by atoms with Crippen LogP contribution in [0.3, 0.4) is 0 Å². The fourth-order valence-electron chi connectivity index (χ4n) is 0.981. The molecule has 3 N–H and O–H groups in total. The van der Waals surface area contributed by atoms with Gasteiger partial charge in [-0.25, -0.2) is 4.79 Å². The van der Waals surface area contributed by atoms with Crippen molar-refractivity contribution >= 4 is 11.9 Å². The summed E-state index contributed by atoms with van der Waals surface area (Å²) in [6.45, 7) is 7.21. The highest BCUT2D eigenvalue weighted by molar-refractivity contribution is 6.01. The lowest BCUT2D eigenvalue weighted by molar-refractivity contribution is -0.148. The van der Waals surface area contributed by atoms with Crippen LogP contribution in [0.5, 0.6) is 0 Å².